The molecule has 1 aromatic heterocycles. The Hall–Kier alpha value is -0.880. The summed E-state index contributed by atoms with van der Waals surface area (Å²) in [6, 6.07) is 0. The topological polar surface area (TPSA) is 64.0 Å². The van der Waals surface area contributed by atoms with Crippen LogP contribution < -0.4 is 4.72 Å². The molecular formula is C7H13N3O2S. The zero-order valence-corrected chi connectivity index (χ0v) is 8.50. The summed E-state index contributed by atoms with van der Waals surface area (Å²) in [7, 11) is -1.81. The highest BCUT2D eigenvalue weighted by Crippen LogP contribution is 2.02. The van der Waals surface area contributed by atoms with Gasteiger partial charge >= 0.3 is 0 Å². The van der Waals surface area contributed by atoms with E-state index in [1.807, 2.05) is 6.92 Å². The maximum atomic E-state index is 11.2. The van der Waals surface area contributed by atoms with Gasteiger partial charge < -0.3 is 4.57 Å². The van der Waals surface area contributed by atoms with E-state index in [9.17, 15) is 8.42 Å². The average Bonchev–Trinajstić information content (AvgIpc) is 2.51. The van der Waals surface area contributed by atoms with Crippen molar-refractivity contribution in [2.24, 2.45) is 0 Å². The van der Waals surface area contributed by atoms with Gasteiger partial charge in [-0.2, -0.15) is 0 Å². The molecule has 1 heterocycles. The van der Waals surface area contributed by atoms with Gasteiger partial charge in [0, 0.05) is 18.9 Å². The van der Waals surface area contributed by atoms with Gasteiger partial charge in [-0.1, -0.05) is 0 Å². The van der Waals surface area contributed by atoms with Gasteiger partial charge in [0.1, 0.15) is 11.6 Å². The van der Waals surface area contributed by atoms with Crippen LogP contribution in [0.1, 0.15) is 12.7 Å². The second-order valence-electron chi connectivity index (χ2n) is 2.59. The number of hydrogen-bond acceptors (Lipinski definition) is 3. The lowest BCUT2D eigenvalue weighted by Crippen LogP contribution is -2.22. The second-order valence-corrected chi connectivity index (χ2v) is 4.52. The Labute approximate surface area is 77.8 Å². The van der Waals surface area contributed by atoms with Crippen molar-refractivity contribution < 1.29 is 8.42 Å². The van der Waals surface area contributed by atoms with Gasteiger partial charge in [0.25, 0.3) is 0 Å². The predicted octanol–water partition coefficient (Wildman–Crippen LogP) is -0.0478. The summed E-state index contributed by atoms with van der Waals surface area (Å²) in [4.78, 5) is 3.96. The van der Waals surface area contributed by atoms with Crippen molar-refractivity contribution in [1.82, 2.24) is 14.3 Å². The first-order chi connectivity index (χ1) is 6.09. The summed E-state index contributed by atoms with van der Waals surface area (Å²) in [5.41, 5.74) is 0. The van der Waals surface area contributed by atoms with E-state index in [2.05, 4.69) is 9.71 Å². The quantitative estimate of drug-likeness (QED) is 0.746. The molecule has 6 heteroatoms. The third-order valence-corrected chi connectivity index (χ3v) is 3.03. The number of imidazole rings is 1. The summed E-state index contributed by atoms with van der Waals surface area (Å²) in [5.74, 6) is 0.501. The molecule has 5 nitrogen and oxygen atoms in total. The zero-order chi connectivity index (χ0) is 9.90. The van der Waals surface area contributed by atoms with Crippen molar-refractivity contribution in [2.75, 3.05) is 7.05 Å². The van der Waals surface area contributed by atoms with Gasteiger partial charge in [-0.15, -0.1) is 0 Å². The third kappa shape index (κ3) is 2.53. The summed E-state index contributed by atoms with van der Waals surface area (Å²) >= 11 is 0. The Kier molecular flexibility index (Phi) is 3.05. The Morgan fingerprint density at radius 3 is 2.85 bits per heavy atom. The molecule has 0 saturated heterocycles. The molecule has 0 aliphatic carbocycles. The van der Waals surface area contributed by atoms with Crippen molar-refractivity contribution in [3.8, 4) is 0 Å². The van der Waals surface area contributed by atoms with E-state index >= 15 is 0 Å². The van der Waals surface area contributed by atoms with Crippen LogP contribution in [0.25, 0.3) is 0 Å². The zero-order valence-electron chi connectivity index (χ0n) is 7.69. The minimum Gasteiger partial charge on any atom is -0.334 e. The van der Waals surface area contributed by atoms with Crippen LogP contribution in [-0.4, -0.2) is 25.0 Å². The van der Waals surface area contributed by atoms with Crippen LogP contribution in [0.4, 0.5) is 0 Å². The molecule has 74 valence electrons. The van der Waals surface area contributed by atoms with Crippen molar-refractivity contribution in [3.05, 3.63) is 18.2 Å². The fourth-order valence-corrected chi connectivity index (χ4v) is 1.73. The summed E-state index contributed by atoms with van der Waals surface area (Å²) in [6.45, 7) is 2.67. The summed E-state index contributed by atoms with van der Waals surface area (Å²) in [6.07, 6.45) is 3.37. The van der Waals surface area contributed by atoms with Crippen molar-refractivity contribution in [2.45, 2.75) is 19.2 Å². The van der Waals surface area contributed by atoms with E-state index in [0.717, 1.165) is 6.54 Å². The molecule has 0 bridgehead atoms. The third-order valence-electron chi connectivity index (χ3n) is 1.77. The van der Waals surface area contributed by atoms with Gasteiger partial charge in [0.15, 0.2) is 0 Å². The van der Waals surface area contributed by atoms with Crippen LogP contribution in [0.15, 0.2) is 12.4 Å². The smallest absolute Gasteiger partial charge is 0.218 e. The predicted molar refractivity (Wildman–Crippen MR) is 49.6 cm³/mol. The highest BCUT2D eigenvalue weighted by molar-refractivity contribution is 7.88. The normalized spacial score (nSPS) is 11.8. The van der Waals surface area contributed by atoms with Crippen LogP contribution in [0.3, 0.4) is 0 Å². The average molecular weight is 203 g/mol. The monoisotopic (exact) mass is 203 g/mol. The molecule has 0 saturated carbocycles. The maximum absolute atomic E-state index is 11.2. The van der Waals surface area contributed by atoms with Crippen LogP contribution >= 0.6 is 0 Å². The largest absolute Gasteiger partial charge is 0.334 e. The first-order valence-corrected chi connectivity index (χ1v) is 5.65. The molecule has 0 spiro atoms. The fourth-order valence-electron chi connectivity index (χ4n) is 1.01. The molecule has 0 aliphatic heterocycles. The number of aromatic nitrogens is 2. The second kappa shape index (κ2) is 3.89. The van der Waals surface area contributed by atoms with E-state index in [4.69, 9.17) is 0 Å². The Morgan fingerprint density at radius 2 is 2.31 bits per heavy atom. The lowest BCUT2D eigenvalue weighted by Gasteiger charge is -2.04. The molecule has 0 radical (unpaired) electrons. The summed E-state index contributed by atoms with van der Waals surface area (Å²) < 4.78 is 26.4. The van der Waals surface area contributed by atoms with E-state index < -0.39 is 10.0 Å². The van der Waals surface area contributed by atoms with Gasteiger partial charge in [0.2, 0.25) is 10.0 Å². The number of aryl methyl sites for hydroxylation is 1. The molecule has 0 unspecified atom stereocenters. The fraction of sp³-hybridized carbons (Fsp3) is 0.571. The first-order valence-electron chi connectivity index (χ1n) is 4.00. The molecule has 0 fully saturated rings. The van der Waals surface area contributed by atoms with Gasteiger partial charge in [-0.3, -0.25) is 0 Å². The molecule has 13 heavy (non-hydrogen) atoms. The van der Waals surface area contributed by atoms with Crippen LogP contribution in [0, 0.1) is 0 Å². The number of hydrogen-bond donors (Lipinski definition) is 1. The van der Waals surface area contributed by atoms with Gasteiger partial charge in [-0.05, 0) is 14.0 Å². The Bertz CT molecular complexity index is 369. The molecule has 1 aromatic rings. The minimum atomic E-state index is -3.21. The van der Waals surface area contributed by atoms with Crippen molar-refractivity contribution >= 4 is 10.0 Å². The molecule has 0 atom stereocenters. The van der Waals surface area contributed by atoms with Crippen molar-refractivity contribution in [3.63, 3.8) is 0 Å². The number of nitrogens with zero attached hydrogens (tertiary/aromatic N) is 2. The van der Waals surface area contributed by atoms with Gasteiger partial charge in [0.05, 0.1) is 0 Å². The maximum Gasteiger partial charge on any atom is 0.218 e. The Balaban J connectivity index is 2.86. The van der Waals surface area contributed by atoms with E-state index in [1.54, 1.807) is 17.0 Å². The molecular weight excluding hydrogens is 190 g/mol. The molecule has 1 rings (SSSR count). The Morgan fingerprint density at radius 1 is 1.62 bits per heavy atom. The molecule has 1 N–H and O–H groups in total. The van der Waals surface area contributed by atoms with Crippen LogP contribution in [0.2, 0.25) is 0 Å². The standard InChI is InChI=1S/C7H13N3O2S/c1-3-10-5-4-9-7(10)6-13(11,12)8-2/h4-5,8H,3,6H2,1-2H3. The van der Waals surface area contributed by atoms with E-state index in [1.165, 1.54) is 7.05 Å². The minimum absolute atomic E-state index is 0.0651. The summed E-state index contributed by atoms with van der Waals surface area (Å²) in [5, 5.41) is 0. The first kappa shape index (κ1) is 10.2. The van der Waals surface area contributed by atoms with Crippen LogP contribution in [-0.2, 0) is 22.3 Å². The number of rotatable bonds is 4. The lowest BCUT2D eigenvalue weighted by atomic mass is 10.6. The van der Waals surface area contributed by atoms with E-state index in [-0.39, 0.29) is 5.75 Å². The van der Waals surface area contributed by atoms with Gasteiger partial charge in [-0.25, -0.2) is 18.1 Å². The number of sulfonamides is 1. The highest BCUT2D eigenvalue weighted by atomic mass is 32.2. The molecule has 0 aliphatic rings. The SMILES string of the molecule is CCn1ccnc1CS(=O)(=O)NC. The van der Waals surface area contributed by atoms with Crippen LogP contribution in [0.5, 0.6) is 0 Å². The van der Waals surface area contributed by atoms with E-state index in [0.29, 0.717) is 5.82 Å². The lowest BCUT2D eigenvalue weighted by molar-refractivity contribution is 0.583. The molecule has 0 amide bonds. The van der Waals surface area contributed by atoms with Crippen molar-refractivity contribution in [1.29, 1.82) is 0 Å². The number of nitrogens with one attached hydrogen (secondary N) is 1. The highest BCUT2D eigenvalue weighted by Gasteiger charge is 2.12. The molecule has 0 aromatic carbocycles.